The number of hydrogen-bond donors (Lipinski definition) is 1. The fraction of sp³-hybridized carbons (Fsp3) is 0.462. The van der Waals surface area contributed by atoms with Crippen molar-refractivity contribution in [2.75, 3.05) is 0 Å². The lowest BCUT2D eigenvalue weighted by Crippen LogP contribution is -2.17. The van der Waals surface area contributed by atoms with E-state index in [1.165, 1.54) is 0 Å². The fourth-order valence-electron chi connectivity index (χ4n) is 1.90. The number of nitrogens with zero attached hydrogens (tertiary/aromatic N) is 1. The van der Waals surface area contributed by atoms with E-state index in [-0.39, 0.29) is 12.0 Å². The lowest BCUT2D eigenvalue weighted by Gasteiger charge is -2.18. The van der Waals surface area contributed by atoms with Crippen LogP contribution in [0, 0.1) is 17.2 Å². The third-order valence-electron chi connectivity index (χ3n) is 3.18. The molecule has 2 rings (SSSR count). The summed E-state index contributed by atoms with van der Waals surface area (Å²) in [5, 5.41) is 18.6. The second-order valence-electron chi connectivity index (χ2n) is 4.35. The molecule has 1 aliphatic carbocycles. The zero-order valence-corrected chi connectivity index (χ0v) is 8.85. The molecule has 0 spiro atoms. The van der Waals surface area contributed by atoms with E-state index in [1.54, 1.807) is 0 Å². The topological polar surface area (TPSA) is 44.0 Å². The lowest BCUT2D eigenvalue weighted by molar-refractivity contribution is 0.126. The highest BCUT2D eigenvalue weighted by Crippen LogP contribution is 2.38. The van der Waals surface area contributed by atoms with Gasteiger partial charge in [0.15, 0.2) is 0 Å². The Morgan fingerprint density at radius 1 is 1.33 bits per heavy atom. The Labute approximate surface area is 90.2 Å². The van der Waals surface area contributed by atoms with Crippen molar-refractivity contribution in [2.24, 2.45) is 5.92 Å². The van der Waals surface area contributed by atoms with E-state index >= 15 is 0 Å². The summed E-state index contributed by atoms with van der Waals surface area (Å²) in [6, 6.07) is 9.60. The van der Waals surface area contributed by atoms with Crippen LogP contribution in [0.2, 0.25) is 0 Å². The summed E-state index contributed by atoms with van der Waals surface area (Å²) in [5.74, 6) is 0.667. The van der Waals surface area contributed by atoms with Crippen molar-refractivity contribution >= 4 is 0 Å². The Hall–Kier alpha value is -1.33. The highest BCUT2D eigenvalue weighted by Gasteiger charge is 2.33. The maximum Gasteiger partial charge on any atom is 0.0991 e. The van der Waals surface area contributed by atoms with E-state index in [1.807, 2.05) is 31.2 Å². The minimum Gasteiger partial charge on any atom is -0.392 e. The predicted molar refractivity (Wildman–Crippen MR) is 58.3 cm³/mol. The first-order valence-corrected chi connectivity index (χ1v) is 5.40. The fourth-order valence-corrected chi connectivity index (χ4v) is 1.90. The van der Waals surface area contributed by atoms with Crippen molar-refractivity contribution in [1.29, 1.82) is 5.26 Å². The highest BCUT2D eigenvalue weighted by atomic mass is 16.3. The summed E-state index contributed by atoms with van der Waals surface area (Å²) in [4.78, 5) is 0. The Kier molecular flexibility index (Phi) is 2.75. The predicted octanol–water partition coefficient (Wildman–Crippen LogP) is 2.43. The molecule has 1 aliphatic rings. The molecule has 1 aromatic rings. The number of rotatable bonds is 3. The normalized spacial score (nSPS) is 19.3. The number of aliphatic hydroxyl groups excluding tert-OH is 1. The molecule has 0 amide bonds. The van der Waals surface area contributed by atoms with E-state index in [0.717, 1.165) is 18.4 Å². The van der Waals surface area contributed by atoms with E-state index in [2.05, 4.69) is 6.07 Å². The third kappa shape index (κ3) is 2.19. The Bertz CT molecular complexity index is 373. The van der Waals surface area contributed by atoms with Gasteiger partial charge in [-0.05, 0) is 36.5 Å². The van der Waals surface area contributed by atoms with Crippen LogP contribution in [0.5, 0.6) is 0 Å². The molecule has 1 N–H and O–H groups in total. The van der Waals surface area contributed by atoms with Crippen LogP contribution in [-0.4, -0.2) is 11.2 Å². The molecular weight excluding hydrogens is 186 g/mol. The summed E-state index contributed by atoms with van der Waals surface area (Å²) in [6.45, 7) is 2.05. The van der Waals surface area contributed by atoms with Gasteiger partial charge in [0.2, 0.25) is 0 Å². The van der Waals surface area contributed by atoms with Crippen molar-refractivity contribution in [1.82, 2.24) is 0 Å². The molecule has 0 aliphatic heterocycles. The van der Waals surface area contributed by atoms with Crippen LogP contribution in [-0.2, 0) is 0 Å². The smallest absolute Gasteiger partial charge is 0.0991 e. The molecule has 2 unspecified atom stereocenters. The molecule has 0 bridgehead atoms. The molecule has 0 heterocycles. The van der Waals surface area contributed by atoms with Crippen molar-refractivity contribution < 1.29 is 5.11 Å². The van der Waals surface area contributed by atoms with E-state index < -0.39 is 0 Å². The third-order valence-corrected chi connectivity index (χ3v) is 3.18. The van der Waals surface area contributed by atoms with Crippen molar-refractivity contribution in [3.05, 3.63) is 35.4 Å². The van der Waals surface area contributed by atoms with Gasteiger partial charge in [-0.15, -0.1) is 0 Å². The van der Waals surface area contributed by atoms with E-state index in [9.17, 15) is 5.11 Å². The van der Waals surface area contributed by atoms with Gasteiger partial charge in [-0.3, -0.25) is 0 Å². The van der Waals surface area contributed by atoms with Gasteiger partial charge < -0.3 is 5.11 Å². The van der Waals surface area contributed by atoms with Crippen molar-refractivity contribution in [3.8, 4) is 6.07 Å². The standard InChI is InChI=1S/C13H15NO/c1-9(13(15)12-6-7-12)11-4-2-10(8-14)3-5-11/h2-5,9,12-13,15H,6-7H2,1H3. The zero-order valence-electron chi connectivity index (χ0n) is 8.85. The molecule has 15 heavy (non-hydrogen) atoms. The van der Waals surface area contributed by atoms with Gasteiger partial charge in [-0.1, -0.05) is 19.1 Å². The Morgan fingerprint density at radius 2 is 1.93 bits per heavy atom. The molecule has 0 aromatic heterocycles. The molecule has 1 fully saturated rings. The molecule has 2 heteroatoms. The quantitative estimate of drug-likeness (QED) is 0.816. The molecule has 2 atom stereocenters. The van der Waals surface area contributed by atoms with Gasteiger partial charge in [-0.25, -0.2) is 0 Å². The SMILES string of the molecule is CC(c1ccc(C#N)cc1)C(O)C1CC1. The molecule has 78 valence electrons. The van der Waals surface area contributed by atoms with Gasteiger partial charge in [0.1, 0.15) is 0 Å². The average molecular weight is 201 g/mol. The molecule has 0 radical (unpaired) electrons. The first-order chi connectivity index (χ1) is 7.22. The molecular formula is C13H15NO. The van der Waals surface area contributed by atoms with Gasteiger partial charge in [0.25, 0.3) is 0 Å². The van der Waals surface area contributed by atoms with Crippen LogP contribution in [0.3, 0.4) is 0 Å². The van der Waals surface area contributed by atoms with Gasteiger partial charge in [0, 0.05) is 5.92 Å². The van der Waals surface area contributed by atoms with Gasteiger partial charge in [0.05, 0.1) is 17.7 Å². The summed E-state index contributed by atoms with van der Waals surface area (Å²) >= 11 is 0. The average Bonchev–Trinajstić information content (AvgIpc) is 3.11. The van der Waals surface area contributed by atoms with Crippen LogP contribution in [0.4, 0.5) is 0 Å². The number of nitriles is 1. The van der Waals surface area contributed by atoms with Gasteiger partial charge >= 0.3 is 0 Å². The van der Waals surface area contributed by atoms with Crippen LogP contribution in [0.1, 0.15) is 36.8 Å². The number of aliphatic hydroxyl groups is 1. The van der Waals surface area contributed by atoms with Crippen LogP contribution in [0.25, 0.3) is 0 Å². The van der Waals surface area contributed by atoms with Crippen molar-refractivity contribution in [3.63, 3.8) is 0 Å². The largest absolute Gasteiger partial charge is 0.392 e. The van der Waals surface area contributed by atoms with E-state index in [0.29, 0.717) is 11.5 Å². The first kappa shape index (κ1) is 10.2. The van der Waals surface area contributed by atoms with Crippen LogP contribution >= 0.6 is 0 Å². The minimum atomic E-state index is -0.224. The lowest BCUT2D eigenvalue weighted by atomic mass is 9.92. The monoisotopic (exact) mass is 201 g/mol. The molecule has 1 saturated carbocycles. The molecule has 1 aromatic carbocycles. The van der Waals surface area contributed by atoms with E-state index in [4.69, 9.17) is 5.26 Å². The number of hydrogen-bond acceptors (Lipinski definition) is 2. The maximum absolute atomic E-state index is 9.97. The molecule has 2 nitrogen and oxygen atoms in total. The van der Waals surface area contributed by atoms with Crippen LogP contribution < -0.4 is 0 Å². The summed E-state index contributed by atoms with van der Waals surface area (Å²) in [7, 11) is 0. The summed E-state index contributed by atoms with van der Waals surface area (Å²) in [5.41, 5.74) is 1.79. The summed E-state index contributed by atoms with van der Waals surface area (Å²) < 4.78 is 0. The Morgan fingerprint density at radius 3 is 2.40 bits per heavy atom. The molecule has 0 saturated heterocycles. The highest BCUT2D eigenvalue weighted by molar-refractivity contribution is 5.33. The second-order valence-corrected chi connectivity index (χ2v) is 4.35. The first-order valence-electron chi connectivity index (χ1n) is 5.40. The second kappa shape index (κ2) is 4.04. The minimum absolute atomic E-state index is 0.172. The van der Waals surface area contributed by atoms with Gasteiger partial charge in [-0.2, -0.15) is 5.26 Å². The zero-order chi connectivity index (χ0) is 10.8. The van der Waals surface area contributed by atoms with Crippen LogP contribution in [0.15, 0.2) is 24.3 Å². The summed E-state index contributed by atoms with van der Waals surface area (Å²) in [6.07, 6.45) is 2.08. The maximum atomic E-state index is 9.97. The Balaban J connectivity index is 2.11. The van der Waals surface area contributed by atoms with Crippen molar-refractivity contribution in [2.45, 2.75) is 31.8 Å². The number of benzene rings is 1.